The summed E-state index contributed by atoms with van der Waals surface area (Å²) < 4.78 is 5.17. The molecule has 2 aliphatic rings. The first-order chi connectivity index (χ1) is 9.32. The summed E-state index contributed by atoms with van der Waals surface area (Å²) in [7, 11) is 1.67. The van der Waals surface area contributed by atoms with Gasteiger partial charge in [0.15, 0.2) is 0 Å². The first-order valence-corrected chi connectivity index (χ1v) is 7.55. The minimum absolute atomic E-state index is 0.634. The van der Waals surface area contributed by atoms with Crippen molar-refractivity contribution in [2.75, 3.05) is 7.11 Å². The molecule has 0 aromatic carbocycles. The first-order valence-electron chi connectivity index (χ1n) is 7.55. The van der Waals surface area contributed by atoms with Crippen LogP contribution in [-0.4, -0.2) is 18.1 Å². The van der Waals surface area contributed by atoms with E-state index in [9.17, 15) is 0 Å². The maximum absolute atomic E-state index is 5.17. The predicted octanol–water partition coefficient (Wildman–Crippen LogP) is 3.29. The molecule has 2 fully saturated rings. The number of rotatable bonds is 4. The van der Waals surface area contributed by atoms with Crippen LogP contribution in [0.5, 0.6) is 5.88 Å². The van der Waals surface area contributed by atoms with Gasteiger partial charge in [-0.3, -0.25) is 0 Å². The van der Waals surface area contributed by atoms with Crippen molar-refractivity contribution in [1.82, 2.24) is 10.3 Å². The highest BCUT2D eigenvalue weighted by atomic mass is 16.5. The second kappa shape index (κ2) is 5.49. The summed E-state index contributed by atoms with van der Waals surface area (Å²) in [6.45, 7) is 0.936. The molecule has 2 aliphatic carbocycles. The van der Waals surface area contributed by atoms with E-state index in [-0.39, 0.29) is 0 Å². The van der Waals surface area contributed by atoms with Gasteiger partial charge in [0.25, 0.3) is 0 Å². The van der Waals surface area contributed by atoms with Crippen molar-refractivity contribution < 1.29 is 4.74 Å². The highest BCUT2D eigenvalue weighted by molar-refractivity contribution is 5.20. The van der Waals surface area contributed by atoms with Gasteiger partial charge < -0.3 is 10.1 Å². The Kier molecular flexibility index (Phi) is 3.74. The third-order valence-electron chi connectivity index (χ3n) is 5.08. The summed E-state index contributed by atoms with van der Waals surface area (Å²) in [6.07, 6.45) is 11.8. The van der Waals surface area contributed by atoms with Crippen LogP contribution in [0, 0.1) is 5.41 Å². The number of hydrogen-bond donors (Lipinski definition) is 1. The van der Waals surface area contributed by atoms with Crippen LogP contribution in [0.25, 0.3) is 0 Å². The number of nitrogens with one attached hydrogen (secondary N) is 1. The van der Waals surface area contributed by atoms with Crippen LogP contribution in [-0.2, 0) is 6.54 Å². The Hall–Kier alpha value is -1.09. The van der Waals surface area contributed by atoms with Crippen molar-refractivity contribution in [3.63, 3.8) is 0 Å². The molecule has 1 aromatic rings. The van der Waals surface area contributed by atoms with Crippen LogP contribution in [0.1, 0.15) is 50.5 Å². The fourth-order valence-electron chi connectivity index (χ4n) is 3.78. The minimum Gasteiger partial charge on any atom is -0.481 e. The van der Waals surface area contributed by atoms with Crippen molar-refractivity contribution >= 4 is 0 Å². The molecule has 0 amide bonds. The average molecular weight is 260 g/mol. The van der Waals surface area contributed by atoms with E-state index in [4.69, 9.17) is 4.74 Å². The Morgan fingerprint density at radius 3 is 2.84 bits per heavy atom. The standard InChI is InChI=1S/C16H24N2O/c1-19-15-11-13(6-10-17-15)12-18-14-5-9-16(14)7-3-2-4-8-16/h6,10-11,14,18H,2-5,7-9,12H2,1H3. The van der Waals surface area contributed by atoms with Gasteiger partial charge in [0.1, 0.15) is 0 Å². The second-order valence-corrected chi connectivity index (χ2v) is 6.10. The molecule has 3 rings (SSSR count). The molecule has 1 atom stereocenters. The number of hydrogen-bond acceptors (Lipinski definition) is 3. The van der Waals surface area contributed by atoms with Crippen LogP contribution in [0.2, 0.25) is 0 Å². The van der Waals surface area contributed by atoms with E-state index in [0.717, 1.165) is 12.6 Å². The van der Waals surface area contributed by atoms with Crippen LogP contribution in [0.3, 0.4) is 0 Å². The molecule has 0 aliphatic heterocycles. The molecule has 2 saturated carbocycles. The molecular weight excluding hydrogens is 236 g/mol. The number of pyridine rings is 1. The summed E-state index contributed by atoms with van der Waals surface area (Å²) in [6, 6.07) is 4.83. The van der Waals surface area contributed by atoms with Crippen molar-refractivity contribution in [1.29, 1.82) is 0 Å². The fourth-order valence-corrected chi connectivity index (χ4v) is 3.78. The van der Waals surface area contributed by atoms with E-state index >= 15 is 0 Å². The molecule has 1 N–H and O–H groups in total. The van der Waals surface area contributed by atoms with Gasteiger partial charge in [0, 0.05) is 24.8 Å². The van der Waals surface area contributed by atoms with Crippen molar-refractivity contribution in [2.45, 2.75) is 57.5 Å². The monoisotopic (exact) mass is 260 g/mol. The van der Waals surface area contributed by atoms with E-state index in [1.54, 1.807) is 7.11 Å². The predicted molar refractivity (Wildman–Crippen MR) is 76.2 cm³/mol. The van der Waals surface area contributed by atoms with Crippen LogP contribution in [0.15, 0.2) is 18.3 Å². The third kappa shape index (κ3) is 2.62. The number of ether oxygens (including phenoxy) is 1. The Bertz CT molecular complexity index is 427. The molecule has 0 saturated heterocycles. The lowest BCUT2D eigenvalue weighted by Crippen LogP contribution is -2.53. The lowest BCUT2D eigenvalue weighted by Gasteiger charge is -2.52. The largest absolute Gasteiger partial charge is 0.481 e. The highest BCUT2D eigenvalue weighted by Gasteiger charge is 2.46. The highest BCUT2D eigenvalue weighted by Crippen LogP contribution is 2.51. The molecule has 0 bridgehead atoms. The van der Waals surface area contributed by atoms with Crippen LogP contribution < -0.4 is 10.1 Å². The topological polar surface area (TPSA) is 34.1 Å². The molecule has 3 nitrogen and oxygen atoms in total. The van der Waals surface area contributed by atoms with Crippen molar-refractivity contribution in [3.8, 4) is 5.88 Å². The molecule has 104 valence electrons. The second-order valence-electron chi connectivity index (χ2n) is 6.10. The Labute approximate surface area is 115 Å². The quantitative estimate of drug-likeness (QED) is 0.902. The van der Waals surface area contributed by atoms with Gasteiger partial charge in [-0.1, -0.05) is 19.3 Å². The lowest BCUT2D eigenvalue weighted by atomic mass is 9.57. The van der Waals surface area contributed by atoms with Crippen molar-refractivity contribution in [2.24, 2.45) is 5.41 Å². The summed E-state index contributed by atoms with van der Waals surface area (Å²) in [4.78, 5) is 4.15. The molecule has 1 spiro atoms. The summed E-state index contributed by atoms with van der Waals surface area (Å²) in [5, 5.41) is 3.76. The van der Waals surface area contributed by atoms with E-state index in [1.165, 1.54) is 50.5 Å². The minimum atomic E-state index is 0.634. The number of nitrogens with zero attached hydrogens (tertiary/aromatic N) is 1. The molecule has 0 radical (unpaired) electrons. The Balaban J connectivity index is 1.57. The van der Waals surface area contributed by atoms with Crippen molar-refractivity contribution in [3.05, 3.63) is 23.9 Å². The maximum Gasteiger partial charge on any atom is 0.213 e. The SMILES string of the molecule is COc1cc(CNC2CCC23CCCCC3)ccn1. The molecule has 3 heteroatoms. The van der Waals surface area contributed by atoms with E-state index in [2.05, 4.69) is 16.4 Å². The summed E-state index contributed by atoms with van der Waals surface area (Å²) in [5.41, 5.74) is 1.90. The molecule has 1 aromatic heterocycles. The molecule has 1 unspecified atom stereocenters. The van der Waals surface area contributed by atoms with Gasteiger partial charge in [-0.2, -0.15) is 0 Å². The van der Waals surface area contributed by atoms with Gasteiger partial charge in [-0.25, -0.2) is 4.98 Å². The Morgan fingerprint density at radius 1 is 1.32 bits per heavy atom. The van der Waals surface area contributed by atoms with Crippen LogP contribution >= 0.6 is 0 Å². The molecule has 1 heterocycles. The zero-order valence-electron chi connectivity index (χ0n) is 11.8. The normalized spacial score (nSPS) is 25.0. The third-order valence-corrected chi connectivity index (χ3v) is 5.08. The smallest absolute Gasteiger partial charge is 0.213 e. The lowest BCUT2D eigenvalue weighted by molar-refractivity contribution is 0.0221. The Morgan fingerprint density at radius 2 is 2.16 bits per heavy atom. The fraction of sp³-hybridized carbons (Fsp3) is 0.688. The molecular formula is C16H24N2O. The maximum atomic E-state index is 5.17. The molecule has 19 heavy (non-hydrogen) atoms. The van der Waals surface area contributed by atoms with Gasteiger partial charge in [-0.15, -0.1) is 0 Å². The zero-order valence-corrected chi connectivity index (χ0v) is 11.8. The number of aromatic nitrogens is 1. The zero-order chi connectivity index (χ0) is 13.1. The summed E-state index contributed by atoms with van der Waals surface area (Å²) >= 11 is 0. The van der Waals surface area contributed by atoms with Gasteiger partial charge >= 0.3 is 0 Å². The van der Waals surface area contributed by atoms with E-state index < -0.39 is 0 Å². The summed E-state index contributed by atoms with van der Waals surface area (Å²) in [5.74, 6) is 0.709. The van der Waals surface area contributed by atoms with Crippen LogP contribution in [0.4, 0.5) is 0 Å². The number of methoxy groups -OCH3 is 1. The van der Waals surface area contributed by atoms with E-state index in [0.29, 0.717) is 11.3 Å². The average Bonchev–Trinajstić information content (AvgIpc) is 2.47. The van der Waals surface area contributed by atoms with Gasteiger partial charge in [-0.05, 0) is 42.7 Å². The first kappa shape index (κ1) is 12.9. The van der Waals surface area contributed by atoms with Gasteiger partial charge in [0.2, 0.25) is 5.88 Å². The van der Waals surface area contributed by atoms with Gasteiger partial charge in [0.05, 0.1) is 7.11 Å². The van der Waals surface area contributed by atoms with E-state index in [1.807, 2.05) is 12.3 Å².